The fourth-order valence-corrected chi connectivity index (χ4v) is 3.14. The molecule has 1 N–H and O–H groups in total. The molecule has 100 valence electrons. The minimum Gasteiger partial charge on any atom is -0.306 e. The van der Waals surface area contributed by atoms with Crippen LogP contribution in [0.25, 0.3) is 0 Å². The van der Waals surface area contributed by atoms with Gasteiger partial charge in [0.05, 0.1) is 12.4 Å². The summed E-state index contributed by atoms with van der Waals surface area (Å²) in [6.45, 7) is 1.79. The topological polar surface area (TPSA) is 75.2 Å². The molecule has 8 heteroatoms. The first-order chi connectivity index (χ1) is 8.47. The fraction of sp³-hybridized carbons (Fsp3) is 0.600. The van der Waals surface area contributed by atoms with Gasteiger partial charge >= 0.3 is 0 Å². The number of halogens is 1. The molecule has 1 aliphatic heterocycles. The lowest BCUT2D eigenvalue weighted by molar-refractivity contribution is 0.248. The second-order valence-electron chi connectivity index (χ2n) is 4.39. The minimum atomic E-state index is -3.55. The Morgan fingerprint density at radius 1 is 1.33 bits per heavy atom. The van der Waals surface area contributed by atoms with E-state index >= 15 is 0 Å². The standard InChI is InChI=1S/C10H15ClN4O2S/c1-15-4-2-8(3-5-15)14-18(16,17)9-6-12-10(11)13-7-9/h6-8,14H,2-5H2,1H3. The van der Waals surface area contributed by atoms with E-state index in [4.69, 9.17) is 11.6 Å². The third-order valence-corrected chi connectivity index (χ3v) is 4.62. The van der Waals surface area contributed by atoms with Gasteiger partial charge in [-0.2, -0.15) is 0 Å². The number of nitrogens with zero attached hydrogens (tertiary/aromatic N) is 3. The van der Waals surface area contributed by atoms with Crippen LogP contribution < -0.4 is 4.72 Å². The molecule has 0 spiro atoms. The molecule has 0 saturated carbocycles. The van der Waals surface area contributed by atoms with Crippen molar-refractivity contribution >= 4 is 21.6 Å². The Balaban J connectivity index is 2.05. The van der Waals surface area contributed by atoms with E-state index in [2.05, 4.69) is 19.6 Å². The van der Waals surface area contributed by atoms with Crippen LogP contribution in [0.2, 0.25) is 5.28 Å². The van der Waals surface area contributed by atoms with Crippen molar-refractivity contribution in [1.29, 1.82) is 0 Å². The first-order valence-electron chi connectivity index (χ1n) is 5.66. The first-order valence-corrected chi connectivity index (χ1v) is 7.52. The maximum Gasteiger partial charge on any atom is 0.243 e. The van der Waals surface area contributed by atoms with E-state index in [-0.39, 0.29) is 16.2 Å². The van der Waals surface area contributed by atoms with Gasteiger partial charge in [-0.05, 0) is 44.6 Å². The Labute approximate surface area is 111 Å². The van der Waals surface area contributed by atoms with E-state index in [0.717, 1.165) is 25.9 Å². The molecule has 0 unspecified atom stereocenters. The quantitative estimate of drug-likeness (QED) is 0.821. The zero-order valence-electron chi connectivity index (χ0n) is 10.0. The van der Waals surface area contributed by atoms with Crippen LogP contribution in [-0.4, -0.2) is 49.5 Å². The maximum atomic E-state index is 12.0. The lowest BCUT2D eigenvalue weighted by Gasteiger charge is -2.29. The summed E-state index contributed by atoms with van der Waals surface area (Å²) in [4.78, 5) is 9.58. The van der Waals surface area contributed by atoms with E-state index in [1.807, 2.05) is 7.05 Å². The molecule has 18 heavy (non-hydrogen) atoms. The summed E-state index contributed by atoms with van der Waals surface area (Å²) in [7, 11) is -1.52. The number of likely N-dealkylation sites (tertiary alicyclic amines) is 1. The third kappa shape index (κ3) is 3.38. The molecule has 0 amide bonds. The molecule has 0 bridgehead atoms. The van der Waals surface area contributed by atoms with Crippen LogP contribution in [0.3, 0.4) is 0 Å². The molecule has 2 rings (SSSR count). The van der Waals surface area contributed by atoms with Crippen molar-refractivity contribution in [3.8, 4) is 0 Å². The van der Waals surface area contributed by atoms with Gasteiger partial charge in [-0.3, -0.25) is 0 Å². The lowest BCUT2D eigenvalue weighted by atomic mass is 10.1. The summed E-state index contributed by atoms with van der Waals surface area (Å²) in [6.07, 6.45) is 4.05. The molecular weight excluding hydrogens is 276 g/mol. The van der Waals surface area contributed by atoms with Gasteiger partial charge in [0.25, 0.3) is 0 Å². The molecule has 1 aromatic rings. The van der Waals surface area contributed by atoms with Crippen LogP contribution in [0.4, 0.5) is 0 Å². The van der Waals surface area contributed by atoms with Gasteiger partial charge in [-0.1, -0.05) is 0 Å². The molecule has 2 heterocycles. The first kappa shape index (κ1) is 13.7. The molecular formula is C10H15ClN4O2S. The average molecular weight is 291 g/mol. The van der Waals surface area contributed by atoms with Gasteiger partial charge in [0.15, 0.2) is 0 Å². The van der Waals surface area contributed by atoms with Gasteiger partial charge in [-0.15, -0.1) is 0 Å². The highest BCUT2D eigenvalue weighted by atomic mass is 35.5. The van der Waals surface area contributed by atoms with Crippen LogP contribution >= 0.6 is 11.6 Å². The molecule has 6 nitrogen and oxygen atoms in total. The number of aromatic nitrogens is 2. The Bertz CT molecular complexity index is 497. The highest BCUT2D eigenvalue weighted by Gasteiger charge is 2.23. The van der Waals surface area contributed by atoms with E-state index in [1.54, 1.807) is 0 Å². The minimum absolute atomic E-state index is 0.0260. The zero-order valence-corrected chi connectivity index (χ0v) is 11.6. The molecule has 1 aromatic heterocycles. The van der Waals surface area contributed by atoms with Crippen LogP contribution in [0.1, 0.15) is 12.8 Å². The van der Waals surface area contributed by atoms with Crippen LogP contribution in [0.15, 0.2) is 17.3 Å². The molecule has 1 fully saturated rings. The highest BCUT2D eigenvalue weighted by Crippen LogP contribution is 2.13. The Kier molecular flexibility index (Phi) is 4.16. The Morgan fingerprint density at radius 3 is 2.44 bits per heavy atom. The van der Waals surface area contributed by atoms with Crippen molar-refractivity contribution in [2.24, 2.45) is 0 Å². The summed E-state index contributed by atoms with van der Waals surface area (Å²) in [5.74, 6) is 0. The molecule has 0 atom stereocenters. The van der Waals surface area contributed by atoms with Crippen LogP contribution in [0, 0.1) is 0 Å². The number of nitrogens with one attached hydrogen (secondary N) is 1. The summed E-state index contributed by atoms with van der Waals surface area (Å²) in [5.41, 5.74) is 0. The number of sulfonamides is 1. The van der Waals surface area contributed by atoms with Gasteiger partial charge in [0, 0.05) is 6.04 Å². The summed E-state index contributed by atoms with van der Waals surface area (Å²) in [6, 6.07) is -0.0260. The largest absolute Gasteiger partial charge is 0.306 e. The van der Waals surface area contributed by atoms with Crippen LogP contribution in [-0.2, 0) is 10.0 Å². The van der Waals surface area contributed by atoms with Crippen molar-refractivity contribution in [2.45, 2.75) is 23.8 Å². The molecule has 0 aliphatic carbocycles. The SMILES string of the molecule is CN1CCC(NS(=O)(=O)c2cnc(Cl)nc2)CC1. The third-order valence-electron chi connectivity index (χ3n) is 2.95. The van der Waals surface area contributed by atoms with Crippen molar-refractivity contribution in [1.82, 2.24) is 19.6 Å². The summed E-state index contributed by atoms with van der Waals surface area (Å²) in [5, 5.41) is 0.0354. The van der Waals surface area contributed by atoms with Crippen LogP contribution in [0.5, 0.6) is 0 Å². The lowest BCUT2D eigenvalue weighted by Crippen LogP contribution is -2.43. The van der Waals surface area contributed by atoms with Gasteiger partial charge in [0.2, 0.25) is 15.3 Å². The second-order valence-corrected chi connectivity index (χ2v) is 6.44. The van der Waals surface area contributed by atoms with Gasteiger partial charge in [-0.25, -0.2) is 23.1 Å². The van der Waals surface area contributed by atoms with Crippen molar-refractivity contribution in [3.05, 3.63) is 17.7 Å². The number of rotatable bonds is 3. The predicted octanol–water partition coefficient (Wildman–Crippen LogP) is 0.502. The van der Waals surface area contributed by atoms with E-state index in [0.29, 0.717) is 0 Å². The fourth-order valence-electron chi connectivity index (χ4n) is 1.85. The van der Waals surface area contributed by atoms with Gasteiger partial charge < -0.3 is 4.90 Å². The Hall–Kier alpha value is -0.760. The number of piperidine rings is 1. The predicted molar refractivity (Wildman–Crippen MR) is 67.9 cm³/mol. The van der Waals surface area contributed by atoms with Gasteiger partial charge in [0.1, 0.15) is 4.90 Å². The molecule has 0 aromatic carbocycles. The average Bonchev–Trinajstić information content (AvgIpc) is 2.32. The van der Waals surface area contributed by atoms with Crippen molar-refractivity contribution in [3.63, 3.8) is 0 Å². The molecule has 0 radical (unpaired) electrons. The van der Waals surface area contributed by atoms with Crippen molar-refractivity contribution in [2.75, 3.05) is 20.1 Å². The molecule has 1 aliphatic rings. The van der Waals surface area contributed by atoms with Crippen molar-refractivity contribution < 1.29 is 8.42 Å². The second kappa shape index (κ2) is 5.48. The molecule has 1 saturated heterocycles. The normalized spacial score (nSPS) is 19.0. The Morgan fingerprint density at radius 2 is 1.89 bits per heavy atom. The number of hydrogen-bond donors (Lipinski definition) is 1. The summed E-state index contributed by atoms with van der Waals surface area (Å²) >= 11 is 5.53. The number of hydrogen-bond acceptors (Lipinski definition) is 5. The monoisotopic (exact) mass is 290 g/mol. The van der Waals surface area contributed by atoms with E-state index < -0.39 is 10.0 Å². The zero-order chi connectivity index (χ0) is 13.2. The highest BCUT2D eigenvalue weighted by molar-refractivity contribution is 7.89. The summed E-state index contributed by atoms with van der Waals surface area (Å²) < 4.78 is 26.8. The van der Waals surface area contributed by atoms with E-state index in [1.165, 1.54) is 12.4 Å². The van der Waals surface area contributed by atoms with E-state index in [9.17, 15) is 8.42 Å². The smallest absolute Gasteiger partial charge is 0.243 e. The maximum absolute atomic E-state index is 12.0.